The molecule has 0 bridgehead atoms. The van der Waals surface area contributed by atoms with Crippen LogP contribution in [0.2, 0.25) is 0 Å². The third-order valence-electron chi connectivity index (χ3n) is 3.06. The number of carbonyl (C=O) groups is 2. The van der Waals surface area contributed by atoms with Gasteiger partial charge < -0.3 is 15.7 Å². The van der Waals surface area contributed by atoms with Crippen LogP contribution in [0, 0.1) is 5.92 Å². The molecule has 0 aromatic rings. The van der Waals surface area contributed by atoms with Crippen LogP contribution in [0.15, 0.2) is 0 Å². The van der Waals surface area contributed by atoms with Crippen LogP contribution in [0.1, 0.15) is 32.1 Å². The monoisotopic (exact) mass is 226 g/mol. The molecule has 16 heavy (non-hydrogen) atoms. The summed E-state index contributed by atoms with van der Waals surface area (Å²) in [6, 6.07) is 0.329. The Hall–Kier alpha value is -1.10. The van der Waals surface area contributed by atoms with Gasteiger partial charge in [0.25, 0.3) is 0 Å². The molecule has 2 aliphatic carbocycles. The van der Waals surface area contributed by atoms with E-state index in [0.29, 0.717) is 18.5 Å². The lowest BCUT2D eigenvalue weighted by atomic mass is 10.1. The number of aliphatic carboxylic acids is 1. The molecule has 1 amide bonds. The average Bonchev–Trinajstić information content (AvgIpc) is 3.05. The van der Waals surface area contributed by atoms with Crippen molar-refractivity contribution in [2.45, 2.75) is 44.2 Å². The van der Waals surface area contributed by atoms with E-state index in [4.69, 9.17) is 5.11 Å². The van der Waals surface area contributed by atoms with E-state index < -0.39 is 5.97 Å². The standard InChI is InChI=1S/C11H18N2O3/c14-10(6-12-8-3-4-8)13-9(5-11(15)16)7-1-2-7/h7-9,12H,1-6H2,(H,13,14)(H,15,16). The summed E-state index contributed by atoms with van der Waals surface area (Å²) in [7, 11) is 0. The summed E-state index contributed by atoms with van der Waals surface area (Å²) in [6.07, 6.45) is 4.41. The second kappa shape index (κ2) is 4.82. The molecule has 90 valence electrons. The molecule has 0 aliphatic heterocycles. The van der Waals surface area contributed by atoms with Gasteiger partial charge in [0.2, 0.25) is 5.91 Å². The normalized spacial score (nSPS) is 21.5. The van der Waals surface area contributed by atoms with E-state index in [1.165, 1.54) is 0 Å². The van der Waals surface area contributed by atoms with Crippen molar-refractivity contribution >= 4 is 11.9 Å². The lowest BCUT2D eigenvalue weighted by Crippen LogP contribution is -2.43. The van der Waals surface area contributed by atoms with Crippen LogP contribution in [0.4, 0.5) is 0 Å². The number of carboxylic acid groups (broad SMARTS) is 1. The van der Waals surface area contributed by atoms with Gasteiger partial charge >= 0.3 is 5.97 Å². The highest BCUT2D eigenvalue weighted by Gasteiger charge is 2.33. The summed E-state index contributed by atoms with van der Waals surface area (Å²) in [5, 5.41) is 14.7. The fraction of sp³-hybridized carbons (Fsp3) is 0.818. The lowest BCUT2D eigenvalue weighted by molar-refractivity contribution is -0.137. The van der Waals surface area contributed by atoms with Gasteiger partial charge in [-0.25, -0.2) is 0 Å². The van der Waals surface area contributed by atoms with Crippen molar-refractivity contribution in [3.05, 3.63) is 0 Å². The molecule has 0 radical (unpaired) electrons. The molecule has 2 rings (SSSR count). The maximum Gasteiger partial charge on any atom is 0.305 e. The van der Waals surface area contributed by atoms with Gasteiger partial charge in [0.15, 0.2) is 0 Å². The Morgan fingerprint density at radius 2 is 1.94 bits per heavy atom. The molecule has 1 atom stereocenters. The third kappa shape index (κ3) is 3.81. The second-order valence-electron chi connectivity index (χ2n) is 4.76. The molecule has 5 heteroatoms. The molecule has 2 fully saturated rings. The third-order valence-corrected chi connectivity index (χ3v) is 3.06. The van der Waals surface area contributed by atoms with Crippen molar-refractivity contribution in [1.29, 1.82) is 0 Å². The summed E-state index contributed by atoms with van der Waals surface area (Å²) in [5.74, 6) is -0.543. The van der Waals surface area contributed by atoms with Crippen molar-refractivity contribution in [1.82, 2.24) is 10.6 Å². The lowest BCUT2D eigenvalue weighted by Gasteiger charge is -2.16. The maximum atomic E-state index is 11.5. The first-order valence-electron chi connectivity index (χ1n) is 5.89. The van der Waals surface area contributed by atoms with E-state index in [2.05, 4.69) is 10.6 Å². The first-order chi connectivity index (χ1) is 7.65. The quantitative estimate of drug-likeness (QED) is 0.575. The summed E-state index contributed by atoms with van der Waals surface area (Å²) >= 11 is 0. The molecule has 0 heterocycles. The molecule has 2 aliphatic rings. The Morgan fingerprint density at radius 1 is 1.25 bits per heavy atom. The van der Waals surface area contributed by atoms with Crippen LogP contribution in [-0.2, 0) is 9.59 Å². The summed E-state index contributed by atoms with van der Waals surface area (Å²) in [5.41, 5.74) is 0. The van der Waals surface area contributed by atoms with Crippen LogP contribution in [0.5, 0.6) is 0 Å². The van der Waals surface area contributed by atoms with Crippen LogP contribution < -0.4 is 10.6 Å². The molecule has 0 aromatic carbocycles. The summed E-state index contributed by atoms with van der Waals surface area (Å²) in [4.78, 5) is 22.2. The number of nitrogens with one attached hydrogen (secondary N) is 2. The number of carboxylic acids is 1. The molecular weight excluding hydrogens is 208 g/mol. The highest BCUT2D eigenvalue weighted by Crippen LogP contribution is 2.33. The van der Waals surface area contributed by atoms with Crippen molar-refractivity contribution in [2.75, 3.05) is 6.54 Å². The van der Waals surface area contributed by atoms with Gasteiger partial charge in [-0.3, -0.25) is 9.59 Å². The smallest absolute Gasteiger partial charge is 0.305 e. The predicted octanol–water partition coefficient (Wildman–Crippen LogP) is 0.108. The highest BCUT2D eigenvalue weighted by atomic mass is 16.4. The first kappa shape index (κ1) is 11.4. The van der Waals surface area contributed by atoms with E-state index >= 15 is 0 Å². The van der Waals surface area contributed by atoms with Crippen LogP contribution in [0.25, 0.3) is 0 Å². The minimum atomic E-state index is -0.840. The Balaban J connectivity index is 1.70. The summed E-state index contributed by atoms with van der Waals surface area (Å²) < 4.78 is 0. The van der Waals surface area contributed by atoms with Gasteiger partial charge in [-0.1, -0.05) is 0 Å². The Labute approximate surface area is 94.6 Å². The van der Waals surface area contributed by atoms with Crippen LogP contribution in [0.3, 0.4) is 0 Å². The fourth-order valence-electron chi connectivity index (χ4n) is 1.80. The number of hydrogen-bond acceptors (Lipinski definition) is 3. The number of rotatable bonds is 7. The van der Waals surface area contributed by atoms with Crippen molar-refractivity contribution < 1.29 is 14.7 Å². The van der Waals surface area contributed by atoms with Gasteiger partial charge in [-0.15, -0.1) is 0 Å². The molecule has 5 nitrogen and oxygen atoms in total. The largest absolute Gasteiger partial charge is 0.481 e. The zero-order valence-corrected chi connectivity index (χ0v) is 9.24. The van der Waals surface area contributed by atoms with Gasteiger partial charge in [0.1, 0.15) is 0 Å². The van der Waals surface area contributed by atoms with E-state index in [0.717, 1.165) is 25.7 Å². The molecule has 0 spiro atoms. The molecule has 0 saturated heterocycles. The van der Waals surface area contributed by atoms with Crippen molar-refractivity contribution in [2.24, 2.45) is 5.92 Å². The van der Waals surface area contributed by atoms with Crippen molar-refractivity contribution in [3.8, 4) is 0 Å². The van der Waals surface area contributed by atoms with Crippen LogP contribution >= 0.6 is 0 Å². The summed E-state index contributed by atoms with van der Waals surface area (Å²) in [6.45, 7) is 0.313. The Bertz CT molecular complexity index is 285. The van der Waals surface area contributed by atoms with E-state index in [9.17, 15) is 9.59 Å². The van der Waals surface area contributed by atoms with Crippen molar-refractivity contribution in [3.63, 3.8) is 0 Å². The molecule has 0 aromatic heterocycles. The van der Waals surface area contributed by atoms with E-state index in [1.54, 1.807) is 0 Å². The fourth-order valence-corrected chi connectivity index (χ4v) is 1.80. The zero-order valence-electron chi connectivity index (χ0n) is 9.24. The van der Waals surface area contributed by atoms with E-state index in [-0.39, 0.29) is 18.4 Å². The van der Waals surface area contributed by atoms with E-state index in [1.807, 2.05) is 0 Å². The predicted molar refractivity (Wildman–Crippen MR) is 57.9 cm³/mol. The zero-order chi connectivity index (χ0) is 11.5. The minimum absolute atomic E-state index is 0.0415. The van der Waals surface area contributed by atoms with Crippen LogP contribution in [-0.4, -0.2) is 35.6 Å². The Morgan fingerprint density at radius 3 is 2.44 bits per heavy atom. The number of hydrogen-bond donors (Lipinski definition) is 3. The highest BCUT2D eigenvalue weighted by molar-refractivity contribution is 5.79. The average molecular weight is 226 g/mol. The minimum Gasteiger partial charge on any atom is -0.481 e. The van der Waals surface area contributed by atoms with Gasteiger partial charge in [0.05, 0.1) is 13.0 Å². The molecule has 2 saturated carbocycles. The van der Waals surface area contributed by atoms with Gasteiger partial charge in [-0.05, 0) is 31.6 Å². The van der Waals surface area contributed by atoms with Gasteiger partial charge in [-0.2, -0.15) is 0 Å². The first-order valence-corrected chi connectivity index (χ1v) is 5.89. The number of amides is 1. The van der Waals surface area contributed by atoms with Gasteiger partial charge in [0, 0.05) is 12.1 Å². The molecular formula is C11H18N2O3. The number of carbonyl (C=O) groups excluding carboxylic acids is 1. The molecule has 1 unspecified atom stereocenters. The second-order valence-corrected chi connectivity index (χ2v) is 4.76. The molecule has 3 N–H and O–H groups in total. The topological polar surface area (TPSA) is 78.4 Å². The SMILES string of the molecule is O=C(O)CC(NC(=O)CNC1CC1)C1CC1. The maximum absolute atomic E-state index is 11.5. The Kier molecular flexibility index (Phi) is 3.43.